The number of fused-ring (bicyclic) bond motifs is 3. The van der Waals surface area contributed by atoms with Crippen LogP contribution in [0, 0.1) is 0 Å². The van der Waals surface area contributed by atoms with E-state index in [1.165, 1.54) is 7.11 Å². The van der Waals surface area contributed by atoms with E-state index in [0.717, 1.165) is 41.5 Å². The minimum absolute atomic E-state index is 0.466. The molecule has 0 N–H and O–H groups in total. The standard InChI is InChI=1S/C25H34O17/c1-10(26)33-9-25-22(39-15(6)31)19(36-12(3)28)21(38-14(5)30)24(42-25)41-17-16(8-34-25)40-23(32-7)20(37-13(4)29)18(17)35-11(2)27/h16-24H,8-9H2,1-7H3/t16-,17-,18+,19-,20-,21-,22+,23-,24+,25-/m1/s1. The maximum atomic E-state index is 12.2. The lowest BCUT2D eigenvalue weighted by atomic mass is 9.92. The van der Waals surface area contributed by atoms with Gasteiger partial charge in [-0.1, -0.05) is 0 Å². The minimum Gasteiger partial charge on any atom is -0.460 e. The van der Waals surface area contributed by atoms with Crippen molar-refractivity contribution in [3.8, 4) is 0 Å². The van der Waals surface area contributed by atoms with E-state index in [0.29, 0.717) is 0 Å². The van der Waals surface area contributed by atoms with Crippen LogP contribution in [0.15, 0.2) is 0 Å². The Labute approximate surface area is 240 Å². The maximum Gasteiger partial charge on any atom is 0.303 e. The van der Waals surface area contributed by atoms with Crippen molar-refractivity contribution in [3.63, 3.8) is 0 Å². The highest BCUT2D eigenvalue weighted by atomic mass is 16.8. The number of esters is 6. The molecule has 0 amide bonds. The predicted octanol–water partition coefficient (Wildman–Crippen LogP) is -0.953. The van der Waals surface area contributed by atoms with E-state index in [1.807, 2.05) is 0 Å². The van der Waals surface area contributed by atoms with Gasteiger partial charge >= 0.3 is 35.8 Å². The highest BCUT2D eigenvalue weighted by Crippen LogP contribution is 2.42. The van der Waals surface area contributed by atoms with E-state index in [2.05, 4.69) is 0 Å². The third-order valence-electron chi connectivity index (χ3n) is 6.22. The molecule has 3 heterocycles. The fourth-order valence-corrected chi connectivity index (χ4v) is 4.85. The number of hydrogen-bond donors (Lipinski definition) is 0. The van der Waals surface area contributed by atoms with Crippen molar-refractivity contribution in [2.75, 3.05) is 20.3 Å². The molecule has 2 bridgehead atoms. The molecule has 42 heavy (non-hydrogen) atoms. The van der Waals surface area contributed by atoms with Crippen LogP contribution in [0.1, 0.15) is 41.5 Å². The zero-order chi connectivity index (χ0) is 31.4. The molecule has 0 aromatic heterocycles. The van der Waals surface area contributed by atoms with Crippen LogP contribution in [0.3, 0.4) is 0 Å². The van der Waals surface area contributed by atoms with Gasteiger partial charge in [-0.2, -0.15) is 0 Å². The normalized spacial score (nSPS) is 35.6. The molecule has 10 atom stereocenters. The summed E-state index contributed by atoms with van der Waals surface area (Å²) in [6.45, 7) is 5.32. The van der Waals surface area contributed by atoms with Crippen molar-refractivity contribution < 1.29 is 80.9 Å². The molecule has 17 nitrogen and oxygen atoms in total. The summed E-state index contributed by atoms with van der Waals surface area (Å²) in [7, 11) is 1.26. The molecule has 0 aromatic rings. The first kappa shape index (κ1) is 33.1. The number of methoxy groups -OCH3 is 1. The fourth-order valence-electron chi connectivity index (χ4n) is 4.85. The van der Waals surface area contributed by atoms with E-state index in [4.69, 9.17) is 52.1 Å². The molecular formula is C25H34O17. The van der Waals surface area contributed by atoms with Gasteiger partial charge in [0.2, 0.25) is 12.1 Å². The van der Waals surface area contributed by atoms with Crippen molar-refractivity contribution in [1.29, 1.82) is 0 Å². The Balaban J connectivity index is 2.18. The molecule has 3 fully saturated rings. The zero-order valence-electron chi connectivity index (χ0n) is 24.1. The van der Waals surface area contributed by atoms with Crippen LogP contribution >= 0.6 is 0 Å². The predicted molar refractivity (Wildman–Crippen MR) is 129 cm³/mol. The smallest absolute Gasteiger partial charge is 0.303 e. The Morgan fingerprint density at radius 1 is 0.667 bits per heavy atom. The SMILES string of the molecule is CO[C@@H]1O[C@@H]2CO[C@]3(COC(C)=O)O[C@H](O[C@H]2[C@H](OC(C)=O)[C@H]1OC(C)=O)[C@H](OC(C)=O)[C@@H](OC(C)=O)[C@@H]3OC(C)=O. The van der Waals surface area contributed by atoms with Gasteiger partial charge in [0.1, 0.15) is 18.8 Å². The Morgan fingerprint density at radius 3 is 1.71 bits per heavy atom. The molecule has 0 aromatic carbocycles. The van der Waals surface area contributed by atoms with Gasteiger partial charge in [0.05, 0.1) is 6.61 Å². The van der Waals surface area contributed by atoms with Crippen molar-refractivity contribution in [3.05, 3.63) is 0 Å². The molecule has 3 aliphatic heterocycles. The molecular weight excluding hydrogens is 572 g/mol. The lowest BCUT2D eigenvalue weighted by Crippen LogP contribution is -2.74. The van der Waals surface area contributed by atoms with Gasteiger partial charge in [-0.15, -0.1) is 0 Å². The molecule has 3 rings (SSSR count). The molecule has 3 saturated heterocycles. The van der Waals surface area contributed by atoms with Gasteiger partial charge in [0.15, 0.2) is 36.8 Å². The molecule has 17 heteroatoms. The third-order valence-corrected chi connectivity index (χ3v) is 6.22. The van der Waals surface area contributed by atoms with Crippen molar-refractivity contribution in [2.45, 2.75) is 103 Å². The summed E-state index contributed by atoms with van der Waals surface area (Å²) in [5, 5.41) is 0. The van der Waals surface area contributed by atoms with Crippen LogP contribution in [0.4, 0.5) is 0 Å². The molecule has 3 aliphatic rings. The molecule has 0 unspecified atom stereocenters. The Bertz CT molecular complexity index is 1060. The largest absolute Gasteiger partial charge is 0.460 e. The number of carbonyl (C=O) groups excluding carboxylic acids is 6. The summed E-state index contributed by atoms with van der Waals surface area (Å²) in [5.74, 6) is -7.12. The van der Waals surface area contributed by atoms with Gasteiger partial charge in [0, 0.05) is 48.7 Å². The maximum absolute atomic E-state index is 12.2. The van der Waals surface area contributed by atoms with E-state index >= 15 is 0 Å². The van der Waals surface area contributed by atoms with Crippen LogP contribution < -0.4 is 0 Å². The average Bonchev–Trinajstić information content (AvgIpc) is 2.85. The quantitative estimate of drug-likeness (QED) is 0.241. The Hall–Kier alpha value is -3.38. The molecule has 236 valence electrons. The van der Waals surface area contributed by atoms with Gasteiger partial charge in [-0.25, -0.2) is 0 Å². The van der Waals surface area contributed by atoms with Gasteiger partial charge in [-0.3, -0.25) is 28.8 Å². The van der Waals surface area contributed by atoms with Crippen LogP contribution in [0.2, 0.25) is 0 Å². The Morgan fingerprint density at radius 2 is 1.19 bits per heavy atom. The third kappa shape index (κ3) is 7.71. The average molecular weight is 607 g/mol. The summed E-state index contributed by atoms with van der Waals surface area (Å²) in [5.41, 5.74) is 0. The molecule has 0 spiro atoms. The van der Waals surface area contributed by atoms with E-state index in [-0.39, 0.29) is 0 Å². The lowest BCUT2D eigenvalue weighted by molar-refractivity contribution is -0.446. The van der Waals surface area contributed by atoms with Crippen LogP contribution in [0.5, 0.6) is 0 Å². The zero-order valence-corrected chi connectivity index (χ0v) is 24.1. The summed E-state index contributed by atoms with van der Waals surface area (Å²) < 4.78 is 62.0. The molecule has 0 aliphatic carbocycles. The van der Waals surface area contributed by atoms with E-state index in [1.54, 1.807) is 0 Å². The number of carbonyl (C=O) groups is 6. The first-order valence-electron chi connectivity index (χ1n) is 12.8. The topological polar surface area (TPSA) is 204 Å². The van der Waals surface area contributed by atoms with Crippen LogP contribution in [-0.4, -0.2) is 117 Å². The minimum atomic E-state index is -2.20. The number of rotatable bonds is 8. The second-order valence-electron chi connectivity index (χ2n) is 9.59. The van der Waals surface area contributed by atoms with Crippen LogP contribution in [-0.2, 0) is 80.9 Å². The Kier molecular flexibility index (Phi) is 10.8. The molecule has 0 saturated carbocycles. The van der Waals surface area contributed by atoms with Gasteiger partial charge in [0.25, 0.3) is 0 Å². The second kappa shape index (κ2) is 13.7. The number of hydrogen-bond acceptors (Lipinski definition) is 17. The first-order valence-corrected chi connectivity index (χ1v) is 12.8. The summed E-state index contributed by atoms with van der Waals surface area (Å²) in [6.07, 6.45) is -13.1. The van der Waals surface area contributed by atoms with Gasteiger partial charge in [-0.05, 0) is 0 Å². The summed E-state index contributed by atoms with van der Waals surface area (Å²) >= 11 is 0. The summed E-state index contributed by atoms with van der Waals surface area (Å²) in [4.78, 5) is 72.4. The van der Waals surface area contributed by atoms with Crippen molar-refractivity contribution in [2.24, 2.45) is 0 Å². The highest BCUT2D eigenvalue weighted by molar-refractivity contribution is 5.69. The van der Waals surface area contributed by atoms with Crippen LogP contribution in [0.25, 0.3) is 0 Å². The van der Waals surface area contributed by atoms with Crippen molar-refractivity contribution in [1.82, 2.24) is 0 Å². The molecule has 0 radical (unpaired) electrons. The fraction of sp³-hybridized carbons (Fsp3) is 0.760. The summed E-state index contributed by atoms with van der Waals surface area (Å²) in [6, 6.07) is 0. The lowest BCUT2D eigenvalue weighted by Gasteiger charge is -2.54. The second-order valence-corrected chi connectivity index (χ2v) is 9.59. The first-order chi connectivity index (χ1) is 19.7. The van der Waals surface area contributed by atoms with E-state index < -0.39 is 110 Å². The number of ether oxygens (including phenoxy) is 11. The van der Waals surface area contributed by atoms with Crippen molar-refractivity contribution >= 4 is 35.8 Å². The monoisotopic (exact) mass is 606 g/mol. The van der Waals surface area contributed by atoms with E-state index in [9.17, 15) is 28.8 Å². The van der Waals surface area contributed by atoms with Gasteiger partial charge < -0.3 is 52.1 Å². The highest BCUT2D eigenvalue weighted by Gasteiger charge is 2.65.